The SMILES string of the molecule is Cc1ccccc1CSCC(=O)c1ccc(Cl)s1. The molecule has 94 valence electrons. The van der Waals surface area contributed by atoms with E-state index in [9.17, 15) is 4.79 Å². The van der Waals surface area contributed by atoms with E-state index < -0.39 is 0 Å². The molecular weight excluding hydrogens is 284 g/mol. The van der Waals surface area contributed by atoms with Gasteiger partial charge in [0.2, 0.25) is 0 Å². The van der Waals surface area contributed by atoms with Gasteiger partial charge in [-0.2, -0.15) is 0 Å². The van der Waals surface area contributed by atoms with E-state index in [4.69, 9.17) is 11.6 Å². The quantitative estimate of drug-likeness (QED) is 0.735. The number of halogens is 1. The summed E-state index contributed by atoms with van der Waals surface area (Å²) in [6.07, 6.45) is 0. The van der Waals surface area contributed by atoms with E-state index in [1.807, 2.05) is 12.1 Å². The molecule has 2 aromatic rings. The van der Waals surface area contributed by atoms with Crippen molar-refractivity contribution in [3.8, 4) is 0 Å². The van der Waals surface area contributed by atoms with Crippen molar-refractivity contribution in [2.45, 2.75) is 12.7 Å². The number of thiophene rings is 1. The Morgan fingerprint density at radius 2 is 2.06 bits per heavy atom. The number of aryl methyl sites for hydroxylation is 1. The van der Waals surface area contributed by atoms with Gasteiger partial charge in [-0.15, -0.1) is 23.1 Å². The summed E-state index contributed by atoms with van der Waals surface area (Å²) in [5, 5.41) is 0. The highest BCUT2D eigenvalue weighted by Gasteiger charge is 2.09. The monoisotopic (exact) mass is 296 g/mol. The minimum atomic E-state index is 0.158. The fraction of sp³-hybridized carbons (Fsp3) is 0.214. The zero-order valence-corrected chi connectivity index (χ0v) is 12.4. The Labute approximate surface area is 120 Å². The van der Waals surface area contributed by atoms with E-state index in [1.54, 1.807) is 23.9 Å². The zero-order valence-electron chi connectivity index (χ0n) is 9.98. The van der Waals surface area contributed by atoms with Crippen molar-refractivity contribution in [2.75, 3.05) is 5.75 Å². The third-order valence-electron chi connectivity index (χ3n) is 2.60. The number of carbonyl (C=O) groups excluding carboxylic acids is 1. The van der Waals surface area contributed by atoms with Gasteiger partial charge >= 0.3 is 0 Å². The van der Waals surface area contributed by atoms with Crippen LogP contribution < -0.4 is 0 Å². The number of rotatable bonds is 5. The van der Waals surface area contributed by atoms with Crippen LogP contribution in [0.4, 0.5) is 0 Å². The molecule has 2 rings (SSSR count). The van der Waals surface area contributed by atoms with Crippen molar-refractivity contribution >= 4 is 40.5 Å². The lowest BCUT2D eigenvalue weighted by molar-refractivity contribution is 0.102. The van der Waals surface area contributed by atoms with Crippen LogP contribution >= 0.6 is 34.7 Å². The Morgan fingerprint density at radius 3 is 2.72 bits per heavy atom. The third kappa shape index (κ3) is 3.61. The molecular formula is C14H13ClOS2. The Morgan fingerprint density at radius 1 is 1.28 bits per heavy atom. The maximum absolute atomic E-state index is 11.9. The second-order valence-corrected chi connectivity index (χ2v) is 6.65. The van der Waals surface area contributed by atoms with Crippen molar-refractivity contribution in [1.29, 1.82) is 0 Å². The number of benzene rings is 1. The molecule has 0 aliphatic heterocycles. The average Bonchev–Trinajstić information content (AvgIpc) is 2.78. The fourth-order valence-electron chi connectivity index (χ4n) is 1.56. The fourth-order valence-corrected chi connectivity index (χ4v) is 3.62. The van der Waals surface area contributed by atoms with Crippen LogP contribution in [0, 0.1) is 6.92 Å². The molecule has 0 amide bonds. The van der Waals surface area contributed by atoms with Gasteiger partial charge in [0.15, 0.2) is 5.78 Å². The molecule has 1 aromatic carbocycles. The van der Waals surface area contributed by atoms with E-state index in [0.29, 0.717) is 10.1 Å². The van der Waals surface area contributed by atoms with Gasteiger partial charge in [-0.1, -0.05) is 35.9 Å². The number of carbonyl (C=O) groups is 1. The lowest BCUT2D eigenvalue weighted by Gasteiger charge is -2.04. The molecule has 0 aliphatic rings. The van der Waals surface area contributed by atoms with Crippen LogP contribution in [0.3, 0.4) is 0 Å². The van der Waals surface area contributed by atoms with E-state index in [1.165, 1.54) is 22.5 Å². The molecule has 1 heterocycles. The van der Waals surface area contributed by atoms with Gasteiger partial charge in [0, 0.05) is 5.75 Å². The summed E-state index contributed by atoms with van der Waals surface area (Å²) in [7, 11) is 0. The van der Waals surface area contributed by atoms with Gasteiger partial charge in [0.1, 0.15) is 0 Å². The van der Waals surface area contributed by atoms with E-state index >= 15 is 0 Å². The minimum absolute atomic E-state index is 0.158. The molecule has 1 nitrogen and oxygen atoms in total. The highest BCUT2D eigenvalue weighted by molar-refractivity contribution is 7.99. The van der Waals surface area contributed by atoms with Crippen LogP contribution in [0.15, 0.2) is 36.4 Å². The van der Waals surface area contributed by atoms with Crippen molar-refractivity contribution in [3.05, 3.63) is 56.7 Å². The Balaban J connectivity index is 1.86. The Hall–Kier alpha value is -0.770. The molecule has 0 spiro atoms. The maximum atomic E-state index is 11.9. The Bertz CT molecular complexity index is 548. The van der Waals surface area contributed by atoms with Crippen molar-refractivity contribution < 1.29 is 4.79 Å². The first-order valence-electron chi connectivity index (χ1n) is 5.57. The first-order valence-corrected chi connectivity index (χ1v) is 7.92. The summed E-state index contributed by atoms with van der Waals surface area (Å²) >= 11 is 8.81. The first kappa shape index (κ1) is 13.7. The van der Waals surface area contributed by atoms with Gasteiger partial charge < -0.3 is 0 Å². The topological polar surface area (TPSA) is 17.1 Å². The molecule has 0 fully saturated rings. The summed E-state index contributed by atoms with van der Waals surface area (Å²) in [5.74, 6) is 1.54. The average molecular weight is 297 g/mol. The molecule has 0 saturated carbocycles. The van der Waals surface area contributed by atoms with Gasteiger partial charge in [0.25, 0.3) is 0 Å². The molecule has 0 atom stereocenters. The van der Waals surface area contributed by atoms with E-state index in [2.05, 4.69) is 19.1 Å². The van der Waals surface area contributed by atoms with E-state index in [0.717, 1.165) is 10.6 Å². The summed E-state index contributed by atoms with van der Waals surface area (Å²) in [6.45, 7) is 2.09. The molecule has 0 saturated heterocycles. The van der Waals surface area contributed by atoms with Crippen LogP contribution in [0.1, 0.15) is 20.8 Å². The molecule has 0 N–H and O–H groups in total. The highest BCUT2D eigenvalue weighted by atomic mass is 35.5. The number of ketones is 1. The van der Waals surface area contributed by atoms with Crippen LogP contribution in [-0.4, -0.2) is 11.5 Å². The second-order valence-electron chi connectivity index (χ2n) is 3.95. The number of hydrogen-bond acceptors (Lipinski definition) is 3. The Kier molecular flexibility index (Phi) is 4.87. The first-order chi connectivity index (χ1) is 8.66. The van der Waals surface area contributed by atoms with Gasteiger partial charge in [-0.05, 0) is 30.2 Å². The number of thioether (sulfide) groups is 1. The summed E-state index contributed by atoms with van der Waals surface area (Å²) in [4.78, 5) is 12.6. The zero-order chi connectivity index (χ0) is 13.0. The van der Waals surface area contributed by atoms with Crippen molar-refractivity contribution in [3.63, 3.8) is 0 Å². The second kappa shape index (κ2) is 6.41. The predicted octanol–water partition coefficient (Wildman–Crippen LogP) is 4.83. The lowest BCUT2D eigenvalue weighted by atomic mass is 10.1. The molecule has 0 unspecified atom stereocenters. The number of hydrogen-bond donors (Lipinski definition) is 0. The van der Waals surface area contributed by atoms with Crippen LogP contribution in [0.2, 0.25) is 4.34 Å². The van der Waals surface area contributed by atoms with Crippen LogP contribution in [0.5, 0.6) is 0 Å². The minimum Gasteiger partial charge on any atom is -0.292 e. The molecule has 4 heteroatoms. The molecule has 1 aromatic heterocycles. The summed E-state index contributed by atoms with van der Waals surface area (Å²) < 4.78 is 0.669. The van der Waals surface area contributed by atoms with E-state index in [-0.39, 0.29) is 5.78 Å². The third-order valence-corrected chi connectivity index (χ3v) is 4.85. The molecule has 0 aliphatic carbocycles. The standard InChI is InChI=1S/C14H13ClOS2/c1-10-4-2-3-5-11(10)8-17-9-12(16)13-6-7-14(15)18-13/h2-7H,8-9H2,1H3. The van der Waals surface area contributed by atoms with Crippen molar-refractivity contribution in [1.82, 2.24) is 0 Å². The highest BCUT2D eigenvalue weighted by Crippen LogP contribution is 2.24. The van der Waals surface area contributed by atoms with Gasteiger partial charge in [-0.3, -0.25) is 4.79 Å². The molecule has 18 heavy (non-hydrogen) atoms. The van der Waals surface area contributed by atoms with Crippen LogP contribution in [-0.2, 0) is 5.75 Å². The van der Waals surface area contributed by atoms with Crippen molar-refractivity contribution in [2.24, 2.45) is 0 Å². The molecule has 0 radical (unpaired) electrons. The smallest absolute Gasteiger partial charge is 0.182 e. The van der Waals surface area contributed by atoms with Gasteiger partial charge in [-0.25, -0.2) is 0 Å². The summed E-state index contributed by atoms with van der Waals surface area (Å²) in [6, 6.07) is 11.8. The summed E-state index contributed by atoms with van der Waals surface area (Å²) in [5.41, 5.74) is 2.57. The largest absolute Gasteiger partial charge is 0.292 e. The molecule has 0 bridgehead atoms. The predicted molar refractivity (Wildman–Crippen MR) is 81.0 cm³/mol. The normalized spacial score (nSPS) is 10.6. The van der Waals surface area contributed by atoms with Gasteiger partial charge in [0.05, 0.1) is 15.0 Å². The lowest BCUT2D eigenvalue weighted by Crippen LogP contribution is -2.00. The number of Topliss-reactive ketones (excluding diaryl/α,β-unsaturated/α-hetero) is 1. The maximum Gasteiger partial charge on any atom is 0.182 e. The van der Waals surface area contributed by atoms with Crippen LogP contribution in [0.25, 0.3) is 0 Å².